The van der Waals surface area contributed by atoms with E-state index in [0.717, 1.165) is 17.2 Å². The van der Waals surface area contributed by atoms with Gasteiger partial charge in [-0.3, -0.25) is 4.99 Å². The van der Waals surface area contributed by atoms with Gasteiger partial charge in [0.25, 0.3) is 0 Å². The third kappa shape index (κ3) is 2.99. The molecule has 0 saturated carbocycles. The average molecular weight is 219 g/mol. The van der Waals surface area contributed by atoms with E-state index < -0.39 is 0 Å². The van der Waals surface area contributed by atoms with Crippen molar-refractivity contribution in [2.24, 2.45) is 4.99 Å². The van der Waals surface area contributed by atoms with Gasteiger partial charge in [-0.25, -0.2) is 0 Å². The van der Waals surface area contributed by atoms with E-state index in [2.05, 4.69) is 47.7 Å². The summed E-state index contributed by atoms with van der Waals surface area (Å²) in [5, 5.41) is 6.47. The van der Waals surface area contributed by atoms with Crippen molar-refractivity contribution in [1.82, 2.24) is 0 Å². The van der Waals surface area contributed by atoms with Crippen LogP contribution in [-0.4, -0.2) is 19.9 Å². The van der Waals surface area contributed by atoms with Crippen molar-refractivity contribution in [3.8, 4) is 0 Å². The lowest BCUT2D eigenvalue weighted by Gasteiger charge is -2.16. The monoisotopic (exact) mass is 219 g/mol. The molecule has 0 aliphatic carbocycles. The lowest BCUT2D eigenvalue weighted by Crippen LogP contribution is -2.10. The van der Waals surface area contributed by atoms with Gasteiger partial charge in [0, 0.05) is 25.5 Å². The fraction of sp³-hybridized carbons (Fsp3) is 0.462. The summed E-state index contributed by atoms with van der Waals surface area (Å²) in [5.41, 5.74) is 3.54. The number of aliphatic imine (C=N–C) groups is 1. The van der Waals surface area contributed by atoms with Crippen LogP contribution in [0, 0.1) is 0 Å². The van der Waals surface area contributed by atoms with Crippen LogP contribution in [-0.2, 0) is 0 Å². The van der Waals surface area contributed by atoms with E-state index in [4.69, 9.17) is 0 Å². The topological polar surface area (TPSA) is 36.4 Å². The highest BCUT2D eigenvalue weighted by molar-refractivity contribution is 5.94. The van der Waals surface area contributed by atoms with Crippen molar-refractivity contribution < 1.29 is 0 Å². The molecule has 0 atom stereocenters. The Bertz CT molecular complexity index is 381. The molecule has 0 aliphatic heterocycles. The summed E-state index contributed by atoms with van der Waals surface area (Å²) in [7, 11) is 3.72. The summed E-state index contributed by atoms with van der Waals surface area (Å²) in [6, 6.07) is 6.37. The Balaban J connectivity index is 3.10. The summed E-state index contributed by atoms with van der Waals surface area (Å²) in [6.45, 7) is 6.35. The Morgan fingerprint density at radius 1 is 1.31 bits per heavy atom. The number of anilines is 2. The van der Waals surface area contributed by atoms with Crippen molar-refractivity contribution >= 4 is 17.2 Å². The molecule has 0 unspecified atom stereocenters. The van der Waals surface area contributed by atoms with Gasteiger partial charge in [-0.05, 0) is 30.5 Å². The molecule has 1 aromatic carbocycles. The number of nitrogens with one attached hydrogen (secondary N) is 2. The molecule has 0 spiro atoms. The van der Waals surface area contributed by atoms with Crippen LogP contribution in [0.5, 0.6) is 0 Å². The number of rotatable bonds is 3. The van der Waals surface area contributed by atoms with Crippen molar-refractivity contribution in [2.45, 2.75) is 26.7 Å². The highest BCUT2D eigenvalue weighted by Crippen LogP contribution is 2.27. The minimum atomic E-state index is 0.498. The van der Waals surface area contributed by atoms with Crippen molar-refractivity contribution in [3.63, 3.8) is 0 Å². The molecule has 88 valence electrons. The molecule has 0 fully saturated rings. The molecule has 1 aromatic rings. The Hall–Kier alpha value is -1.51. The molecular formula is C13H21N3. The molecule has 2 N–H and O–H groups in total. The summed E-state index contributed by atoms with van der Waals surface area (Å²) in [5.74, 6) is 1.42. The standard InChI is InChI=1S/C13H21N3/c1-9(2)12-7-6-11(15-5)8-13(12)16-10(3)14-4/h6-9,15H,1-5H3,(H,14,16). The van der Waals surface area contributed by atoms with Crippen LogP contribution in [0.4, 0.5) is 11.4 Å². The zero-order valence-electron chi connectivity index (χ0n) is 10.8. The van der Waals surface area contributed by atoms with Crippen LogP contribution in [0.2, 0.25) is 0 Å². The molecular weight excluding hydrogens is 198 g/mol. The van der Waals surface area contributed by atoms with Gasteiger partial charge in [0.15, 0.2) is 0 Å². The van der Waals surface area contributed by atoms with E-state index >= 15 is 0 Å². The first kappa shape index (κ1) is 12.6. The van der Waals surface area contributed by atoms with Gasteiger partial charge < -0.3 is 10.6 Å². The Kier molecular flexibility index (Phi) is 4.35. The first-order valence-corrected chi connectivity index (χ1v) is 5.60. The maximum atomic E-state index is 4.12. The smallest absolute Gasteiger partial charge is 0.0972 e. The molecule has 0 amide bonds. The molecule has 0 aliphatic rings. The van der Waals surface area contributed by atoms with Crippen molar-refractivity contribution in [3.05, 3.63) is 23.8 Å². The van der Waals surface area contributed by atoms with Crippen LogP contribution in [0.1, 0.15) is 32.3 Å². The quantitative estimate of drug-likeness (QED) is 0.604. The minimum absolute atomic E-state index is 0.498. The Morgan fingerprint density at radius 3 is 2.50 bits per heavy atom. The van der Waals surface area contributed by atoms with Crippen LogP contribution in [0.15, 0.2) is 23.2 Å². The van der Waals surface area contributed by atoms with Crippen molar-refractivity contribution in [2.75, 3.05) is 24.7 Å². The van der Waals surface area contributed by atoms with Gasteiger partial charge in [-0.1, -0.05) is 19.9 Å². The summed E-state index contributed by atoms with van der Waals surface area (Å²) in [6.07, 6.45) is 0. The SMILES string of the molecule is CN=C(C)Nc1cc(NC)ccc1C(C)C. The first-order valence-electron chi connectivity index (χ1n) is 5.60. The summed E-state index contributed by atoms with van der Waals surface area (Å²) < 4.78 is 0. The molecule has 3 heteroatoms. The first-order chi connectivity index (χ1) is 7.58. The number of hydrogen-bond acceptors (Lipinski definition) is 2. The largest absolute Gasteiger partial charge is 0.388 e. The van der Waals surface area contributed by atoms with Gasteiger partial charge in [-0.15, -0.1) is 0 Å². The van der Waals surface area contributed by atoms with Crippen LogP contribution < -0.4 is 10.6 Å². The molecule has 0 heterocycles. The zero-order valence-corrected chi connectivity index (χ0v) is 10.8. The predicted molar refractivity (Wildman–Crippen MR) is 72.7 cm³/mol. The molecule has 1 rings (SSSR count). The van der Waals surface area contributed by atoms with E-state index in [0.29, 0.717) is 5.92 Å². The summed E-state index contributed by atoms with van der Waals surface area (Å²) in [4.78, 5) is 4.12. The zero-order chi connectivity index (χ0) is 12.1. The molecule has 16 heavy (non-hydrogen) atoms. The van der Waals surface area contributed by atoms with Crippen LogP contribution in [0.25, 0.3) is 0 Å². The van der Waals surface area contributed by atoms with E-state index in [1.54, 1.807) is 7.05 Å². The second kappa shape index (κ2) is 5.54. The van der Waals surface area contributed by atoms with E-state index in [-0.39, 0.29) is 0 Å². The molecule has 3 nitrogen and oxygen atoms in total. The fourth-order valence-electron chi connectivity index (χ4n) is 1.57. The second-order valence-corrected chi connectivity index (χ2v) is 4.14. The van der Waals surface area contributed by atoms with E-state index in [1.165, 1.54) is 5.56 Å². The Labute approximate surface area is 98.0 Å². The number of hydrogen-bond donors (Lipinski definition) is 2. The third-order valence-corrected chi connectivity index (χ3v) is 2.61. The number of amidine groups is 1. The van der Waals surface area contributed by atoms with Crippen molar-refractivity contribution in [1.29, 1.82) is 0 Å². The molecule has 0 saturated heterocycles. The van der Waals surface area contributed by atoms with Gasteiger partial charge in [0.2, 0.25) is 0 Å². The maximum Gasteiger partial charge on any atom is 0.0972 e. The third-order valence-electron chi connectivity index (χ3n) is 2.61. The lowest BCUT2D eigenvalue weighted by molar-refractivity contribution is 0.869. The lowest BCUT2D eigenvalue weighted by atomic mass is 10.0. The number of nitrogens with zero attached hydrogens (tertiary/aromatic N) is 1. The fourth-order valence-corrected chi connectivity index (χ4v) is 1.57. The van der Waals surface area contributed by atoms with E-state index in [1.807, 2.05) is 14.0 Å². The predicted octanol–water partition coefficient (Wildman–Crippen LogP) is 3.31. The van der Waals surface area contributed by atoms with Crippen LogP contribution >= 0.6 is 0 Å². The van der Waals surface area contributed by atoms with Gasteiger partial charge in [-0.2, -0.15) is 0 Å². The van der Waals surface area contributed by atoms with Crippen LogP contribution in [0.3, 0.4) is 0 Å². The average Bonchev–Trinajstić information content (AvgIpc) is 2.28. The Morgan fingerprint density at radius 2 is 2.00 bits per heavy atom. The number of benzene rings is 1. The highest BCUT2D eigenvalue weighted by atomic mass is 15.0. The second-order valence-electron chi connectivity index (χ2n) is 4.14. The molecule has 0 aromatic heterocycles. The van der Waals surface area contributed by atoms with Gasteiger partial charge in [0.1, 0.15) is 0 Å². The normalized spacial score (nSPS) is 11.8. The molecule has 0 radical (unpaired) electrons. The maximum absolute atomic E-state index is 4.12. The van der Waals surface area contributed by atoms with Gasteiger partial charge in [0.05, 0.1) is 5.84 Å². The highest BCUT2D eigenvalue weighted by Gasteiger charge is 2.07. The van der Waals surface area contributed by atoms with Gasteiger partial charge >= 0.3 is 0 Å². The van der Waals surface area contributed by atoms with E-state index in [9.17, 15) is 0 Å². The summed E-state index contributed by atoms with van der Waals surface area (Å²) >= 11 is 0. The minimum Gasteiger partial charge on any atom is -0.388 e. The molecule has 0 bridgehead atoms.